The fourth-order valence-corrected chi connectivity index (χ4v) is 3.65. The van der Waals surface area contributed by atoms with Gasteiger partial charge in [0, 0.05) is 62.9 Å². The van der Waals surface area contributed by atoms with Gasteiger partial charge in [0.25, 0.3) is 5.91 Å². The predicted molar refractivity (Wildman–Crippen MR) is 124 cm³/mol. The molecule has 0 radical (unpaired) electrons. The highest BCUT2D eigenvalue weighted by Gasteiger charge is 2.21. The Morgan fingerprint density at radius 1 is 0.848 bits per heavy atom. The summed E-state index contributed by atoms with van der Waals surface area (Å²) in [6.07, 6.45) is 3.58. The van der Waals surface area contributed by atoms with Gasteiger partial charge in [-0.2, -0.15) is 0 Å². The van der Waals surface area contributed by atoms with Crippen LogP contribution < -0.4 is 10.6 Å². The van der Waals surface area contributed by atoms with Gasteiger partial charge in [-0.15, -0.1) is 0 Å². The van der Waals surface area contributed by atoms with Crippen molar-refractivity contribution in [1.29, 1.82) is 0 Å². The smallest absolute Gasteiger partial charge is 0.321 e. The molecule has 1 aliphatic rings. The number of aromatic nitrogens is 1. The van der Waals surface area contributed by atoms with E-state index in [0.717, 1.165) is 25.2 Å². The van der Waals surface area contributed by atoms with Gasteiger partial charge in [-0.1, -0.05) is 12.1 Å². The number of piperazine rings is 1. The van der Waals surface area contributed by atoms with Crippen LogP contribution in [0.3, 0.4) is 0 Å². The van der Waals surface area contributed by atoms with Gasteiger partial charge in [-0.25, -0.2) is 9.18 Å². The van der Waals surface area contributed by atoms with E-state index in [1.54, 1.807) is 53.7 Å². The van der Waals surface area contributed by atoms with Gasteiger partial charge in [-0.05, 0) is 59.7 Å². The van der Waals surface area contributed by atoms with E-state index in [4.69, 9.17) is 0 Å². The summed E-state index contributed by atoms with van der Waals surface area (Å²) in [7, 11) is 0. The van der Waals surface area contributed by atoms with Gasteiger partial charge >= 0.3 is 6.03 Å². The number of hydrogen-bond donors (Lipinski definition) is 2. The van der Waals surface area contributed by atoms with Gasteiger partial charge in [-0.3, -0.25) is 14.7 Å². The molecule has 7 nitrogen and oxygen atoms in total. The zero-order chi connectivity index (χ0) is 23.0. The molecule has 0 saturated carbocycles. The van der Waals surface area contributed by atoms with Crippen molar-refractivity contribution >= 4 is 17.6 Å². The quantitative estimate of drug-likeness (QED) is 0.606. The molecular weight excluding hydrogens is 421 g/mol. The lowest BCUT2D eigenvalue weighted by Crippen LogP contribution is -2.49. The number of nitrogens with zero attached hydrogens (tertiary/aromatic N) is 3. The van der Waals surface area contributed by atoms with E-state index in [1.807, 2.05) is 12.1 Å². The van der Waals surface area contributed by atoms with Crippen molar-refractivity contribution in [2.75, 3.05) is 31.5 Å². The van der Waals surface area contributed by atoms with Crippen LogP contribution in [0.25, 0.3) is 0 Å². The molecule has 0 unspecified atom stereocenters. The van der Waals surface area contributed by atoms with Crippen molar-refractivity contribution in [3.63, 3.8) is 0 Å². The van der Waals surface area contributed by atoms with Crippen LogP contribution >= 0.6 is 0 Å². The Labute approximate surface area is 192 Å². The largest absolute Gasteiger partial charge is 0.348 e. The first-order valence-electron chi connectivity index (χ1n) is 10.9. The molecule has 1 aromatic heterocycles. The Morgan fingerprint density at radius 2 is 1.52 bits per heavy atom. The van der Waals surface area contributed by atoms with Crippen LogP contribution in [0.15, 0.2) is 73.1 Å². The molecular formula is C25H26FN5O2. The first-order chi connectivity index (χ1) is 16.1. The second-order valence-corrected chi connectivity index (χ2v) is 7.94. The van der Waals surface area contributed by atoms with E-state index in [9.17, 15) is 14.0 Å². The monoisotopic (exact) mass is 447 g/mol. The summed E-state index contributed by atoms with van der Waals surface area (Å²) in [5.41, 5.74) is 3.15. The third-order valence-electron chi connectivity index (χ3n) is 5.58. The normalized spacial score (nSPS) is 14.0. The van der Waals surface area contributed by atoms with Crippen molar-refractivity contribution < 1.29 is 14.0 Å². The first-order valence-corrected chi connectivity index (χ1v) is 10.9. The molecule has 0 aliphatic carbocycles. The second-order valence-electron chi connectivity index (χ2n) is 7.94. The molecule has 4 rings (SSSR count). The number of hydrogen-bond acceptors (Lipinski definition) is 4. The Bertz CT molecular complexity index is 1070. The van der Waals surface area contributed by atoms with Crippen LogP contribution in [-0.4, -0.2) is 52.9 Å². The maximum atomic E-state index is 13.0. The average molecular weight is 448 g/mol. The molecule has 3 aromatic rings. The molecule has 2 N–H and O–H groups in total. The van der Waals surface area contributed by atoms with Gasteiger partial charge in [0.05, 0.1) is 0 Å². The Balaban J connectivity index is 1.22. The maximum absolute atomic E-state index is 13.0. The molecule has 0 atom stereocenters. The Kier molecular flexibility index (Phi) is 7.26. The lowest BCUT2D eigenvalue weighted by Gasteiger charge is -2.34. The van der Waals surface area contributed by atoms with E-state index < -0.39 is 0 Å². The zero-order valence-corrected chi connectivity index (χ0v) is 18.2. The maximum Gasteiger partial charge on any atom is 0.321 e. The molecule has 1 saturated heterocycles. The molecule has 1 fully saturated rings. The lowest BCUT2D eigenvalue weighted by molar-refractivity contribution is 0.0951. The van der Waals surface area contributed by atoms with Crippen LogP contribution in [0.2, 0.25) is 0 Å². The van der Waals surface area contributed by atoms with Crippen molar-refractivity contribution in [2.45, 2.75) is 13.1 Å². The predicted octanol–water partition coefficient (Wildman–Crippen LogP) is 3.50. The standard InChI is InChI=1S/C25H26FN5O2/c26-22-5-1-19(2-6-22)17-28-24(32)21-3-7-23(8-4-21)29-25(33)31-15-13-30(14-16-31)18-20-9-11-27-12-10-20/h1-12H,13-18H2,(H,28,32)(H,29,33). The number of pyridine rings is 1. The summed E-state index contributed by atoms with van der Waals surface area (Å²) in [6.45, 7) is 4.08. The van der Waals surface area contributed by atoms with Gasteiger partial charge in [0.2, 0.25) is 0 Å². The minimum Gasteiger partial charge on any atom is -0.348 e. The first kappa shape index (κ1) is 22.4. The van der Waals surface area contributed by atoms with Gasteiger partial charge in [0.1, 0.15) is 5.82 Å². The molecule has 33 heavy (non-hydrogen) atoms. The number of carbonyl (C=O) groups excluding carboxylic acids is 2. The van der Waals surface area contributed by atoms with Crippen LogP contribution in [-0.2, 0) is 13.1 Å². The molecule has 8 heteroatoms. The highest BCUT2D eigenvalue weighted by molar-refractivity contribution is 5.95. The molecule has 170 valence electrons. The average Bonchev–Trinajstić information content (AvgIpc) is 2.85. The molecule has 0 spiro atoms. The van der Waals surface area contributed by atoms with E-state index in [2.05, 4.69) is 20.5 Å². The SMILES string of the molecule is O=C(NCc1ccc(F)cc1)c1ccc(NC(=O)N2CCN(Cc3ccncc3)CC2)cc1. The van der Waals surface area contributed by atoms with Gasteiger partial charge in [0.15, 0.2) is 0 Å². The summed E-state index contributed by atoms with van der Waals surface area (Å²) >= 11 is 0. The minimum absolute atomic E-state index is 0.146. The van der Waals surface area contributed by atoms with E-state index in [-0.39, 0.29) is 17.8 Å². The number of halogens is 1. The van der Waals surface area contributed by atoms with Crippen LogP contribution in [0, 0.1) is 5.82 Å². The highest BCUT2D eigenvalue weighted by atomic mass is 19.1. The number of amides is 3. The third-order valence-corrected chi connectivity index (χ3v) is 5.58. The number of anilines is 1. The number of urea groups is 1. The van der Waals surface area contributed by atoms with Crippen LogP contribution in [0.5, 0.6) is 0 Å². The third kappa shape index (κ3) is 6.36. The van der Waals surface area contributed by atoms with E-state index >= 15 is 0 Å². The fraction of sp³-hybridized carbons (Fsp3) is 0.240. The number of carbonyl (C=O) groups is 2. The molecule has 2 aromatic carbocycles. The Morgan fingerprint density at radius 3 is 2.18 bits per heavy atom. The van der Waals surface area contributed by atoms with E-state index in [0.29, 0.717) is 30.9 Å². The van der Waals surface area contributed by atoms with Crippen LogP contribution in [0.1, 0.15) is 21.5 Å². The topological polar surface area (TPSA) is 77.6 Å². The molecule has 2 heterocycles. The number of rotatable bonds is 6. The number of nitrogens with one attached hydrogen (secondary N) is 2. The van der Waals surface area contributed by atoms with Crippen molar-refractivity contribution in [2.24, 2.45) is 0 Å². The summed E-state index contributed by atoms with van der Waals surface area (Å²) in [6, 6.07) is 16.6. The lowest BCUT2D eigenvalue weighted by atomic mass is 10.1. The van der Waals surface area contributed by atoms with Crippen molar-refractivity contribution in [3.8, 4) is 0 Å². The number of benzene rings is 2. The minimum atomic E-state index is -0.311. The molecule has 3 amide bonds. The van der Waals surface area contributed by atoms with Crippen molar-refractivity contribution in [3.05, 3.63) is 95.6 Å². The Hall–Kier alpha value is -3.78. The van der Waals surface area contributed by atoms with E-state index in [1.165, 1.54) is 17.7 Å². The summed E-state index contributed by atoms with van der Waals surface area (Å²) in [4.78, 5) is 33.1. The van der Waals surface area contributed by atoms with Crippen LogP contribution in [0.4, 0.5) is 14.9 Å². The molecule has 1 aliphatic heterocycles. The molecule has 0 bridgehead atoms. The summed E-state index contributed by atoms with van der Waals surface area (Å²) in [5, 5.41) is 5.70. The van der Waals surface area contributed by atoms with Gasteiger partial charge < -0.3 is 15.5 Å². The van der Waals surface area contributed by atoms with Crippen molar-refractivity contribution in [1.82, 2.24) is 20.1 Å². The fourth-order valence-electron chi connectivity index (χ4n) is 3.65. The second kappa shape index (κ2) is 10.7. The summed E-state index contributed by atoms with van der Waals surface area (Å²) in [5.74, 6) is -0.544. The highest BCUT2D eigenvalue weighted by Crippen LogP contribution is 2.13. The zero-order valence-electron chi connectivity index (χ0n) is 18.2. The summed E-state index contributed by atoms with van der Waals surface area (Å²) < 4.78 is 13.0.